The van der Waals surface area contributed by atoms with Crippen molar-refractivity contribution >= 4 is 17.6 Å². The lowest BCUT2D eigenvalue weighted by atomic mass is 9.87. The van der Waals surface area contributed by atoms with Gasteiger partial charge in [-0.1, -0.05) is 30.0 Å². The van der Waals surface area contributed by atoms with Crippen molar-refractivity contribution in [1.82, 2.24) is 15.5 Å². The molecule has 3 amide bonds. The molecular weight excluding hydrogens is 402 g/mol. The molecule has 6 nitrogen and oxygen atoms in total. The summed E-state index contributed by atoms with van der Waals surface area (Å²) in [7, 11) is 0. The molecule has 0 aliphatic carbocycles. The highest BCUT2D eigenvalue weighted by Gasteiger charge is 2.44. The van der Waals surface area contributed by atoms with Crippen LogP contribution < -0.4 is 10.2 Å². The summed E-state index contributed by atoms with van der Waals surface area (Å²) in [6.07, 6.45) is 1.40. The van der Waals surface area contributed by atoms with Gasteiger partial charge in [0.1, 0.15) is 5.69 Å². The first-order valence-electron chi connectivity index (χ1n) is 9.50. The molecule has 0 saturated carbocycles. The van der Waals surface area contributed by atoms with Gasteiger partial charge >= 0.3 is 6.03 Å². The van der Waals surface area contributed by atoms with Crippen LogP contribution in [-0.4, -0.2) is 22.1 Å². The van der Waals surface area contributed by atoms with Gasteiger partial charge in [-0.3, -0.25) is 9.89 Å². The normalized spacial score (nSPS) is 18.4. The fourth-order valence-corrected chi connectivity index (χ4v) is 3.65. The molecule has 31 heavy (non-hydrogen) atoms. The molecule has 2 N–H and O–H groups in total. The fraction of sp³-hybridized carbons (Fsp3) is 0.174. The van der Waals surface area contributed by atoms with Crippen molar-refractivity contribution < 1.29 is 18.4 Å². The van der Waals surface area contributed by atoms with Crippen molar-refractivity contribution in [2.24, 2.45) is 0 Å². The van der Waals surface area contributed by atoms with Crippen LogP contribution in [0.5, 0.6) is 0 Å². The number of aromatic amines is 1. The Hall–Kier alpha value is -3.99. The van der Waals surface area contributed by atoms with Gasteiger partial charge in [0, 0.05) is 22.9 Å². The Morgan fingerprint density at radius 1 is 1.06 bits per heavy atom. The summed E-state index contributed by atoms with van der Waals surface area (Å²) in [4.78, 5) is 26.0. The van der Waals surface area contributed by atoms with E-state index in [9.17, 15) is 18.4 Å². The van der Waals surface area contributed by atoms with Gasteiger partial charge in [0.25, 0.3) is 0 Å². The molecule has 0 spiro atoms. The van der Waals surface area contributed by atoms with Gasteiger partial charge in [-0.2, -0.15) is 5.10 Å². The van der Waals surface area contributed by atoms with Gasteiger partial charge in [-0.25, -0.2) is 18.5 Å². The van der Waals surface area contributed by atoms with E-state index in [1.807, 2.05) is 6.07 Å². The van der Waals surface area contributed by atoms with Crippen LogP contribution in [0.2, 0.25) is 0 Å². The number of urea groups is 1. The van der Waals surface area contributed by atoms with Gasteiger partial charge in [-0.15, -0.1) is 0 Å². The minimum Gasteiger partial charge on any atom is -0.327 e. The SMILES string of the molecule is Cc1n[nH]cc1[C@]1(C)CC(=O)N(c2c(F)cc(C#Cc3ccccc3)cc2F)C(=O)N1. The molecule has 156 valence electrons. The number of anilines is 1. The number of benzene rings is 2. The van der Waals surface area contributed by atoms with Crippen LogP contribution in [0.3, 0.4) is 0 Å². The lowest BCUT2D eigenvalue weighted by Gasteiger charge is -2.38. The molecule has 1 saturated heterocycles. The zero-order valence-electron chi connectivity index (χ0n) is 16.8. The minimum absolute atomic E-state index is 0.0892. The largest absolute Gasteiger partial charge is 0.329 e. The summed E-state index contributed by atoms with van der Waals surface area (Å²) in [6, 6.07) is 10.1. The number of aromatic nitrogens is 2. The lowest BCUT2D eigenvalue weighted by Crippen LogP contribution is -2.59. The van der Waals surface area contributed by atoms with Crippen molar-refractivity contribution in [2.75, 3.05) is 4.90 Å². The van der Waals surface area contributed by atoms with Crippen LogP contribution in [0.4, 0.5) is 19.3 Å². The second-order valence-electron chi connectivity index (χ2n) is 7.46. The third-order valence-electron chi connectivity index (χ3n) is 5.13. The Bertz CT molecular complexity index is 1200. The van der Waals surface area contributed by atoms with Crippen molar-refractivity contribution in [2.45, 2.75) is 25.8 Å². The number of hydrogen-bond acceptors (Lipinski definition) is 3. The van der Waals surface area contributed by atoms with Crippen molar-refractivity contribution in [3.05, 3.63) is 82.7 Å². The van der Waals surface area contributed by atoms with E-state index in [2.05, 4.69) is 27.4 Å². The van der Waals surface area contributed by atoms with Gasteiger partial charge < -0.3 is 5.32 Å². The molecule has 1 aliphatic heterocycles. The second kappa shape index (κ2) is 7.69. The molecule has 1 fully saturated rings. The maximum atomic E-state index is 14.8. The predicted molar refractivity (Wildman–Crippen MR) is 110 cm³/mol. The summed E-state index contributed by atoms with van der Waals surface area (Å²) >= 11 is 0. The highest BCUT2D eigenvalue weighted by atomic mass is 19.1. The van der Waals surface area contributed by atoms with Crippen LogP contribution in [0.1, 0.15) is 35.7 Å². The van der Waals surface area contributed by atoms with E-state index in [1.165, 1.54) is 0 Å². The van der Waals surface area contributed by atoms with Crippen LogP contribution in [-0.2, 0) is 10.3 Å². The maximum Gasteiger partial charge on any atom is 0.329 e. The summed E-state index contributed by atoms with van der Waals surface area (Å²) in [6.45, 7) is 3.39. The number of rotatable bonds is 2. The Morgan fingerprint density at radius 2 is 1.71 bits per heavy atom. The Balaban J connectivity index is 1.64. The number of nitrogens with one attached hydrogen (secondary N) is 2. The second-order valence-corrected chi connectivity index (χ2v) is 7.46. The van der Waals surface area contributed by atoms with Gasteiger partial charge in [-0.05, 0) is 38.1 Å². The van der Waals surface area contributed by atoms with Crippen LogP contribution in [0.15, 0.2) is 48.7 Å². The molecule has 0 bridgehead atoms. The van der Waals surface area contributed by atoms with E-state index in [4.69, 9.17) is 0 Å². The molecular formula is C23H18F2N4O2. The number of aryl methyl sites for hydroxylation is 1. The third-order valence-corrected chi connectivity index (χ3v) is 5.13. The average Bonchev–Trinajstić information content (AvgIpc) is 3.15. The molecule has 1 atom stereocenters. The van der Waals surface area contributed by atoms with Crippen molar-refractivity contribution in [1.29, 1.82) is 0 Å². The minimum atomic E-state index is -1.05. The monoisotopic (exact) mass is 420 g/mol. The number of hydrogen-bond donors (Lipinski definition) is 2. The Labute approximate surface area is 177 Å². The van der Waals surface area contributed by atoms with Gasteiger partial charge in [0.15, 0.2) is 11.6 Å². The van der Waals surface area contributed by atoms with Crippen LogP contribution in [0, 0.1) is 30.4 Å². The van der Waals surface area contributed by atoms with E-state index in [0.717, 1.165) is 12.1 Å². The van der Waals surface area contributed by atoms with E-state index in [0.29, 0.717) is 21.7 Å². The van der Waals surface area contributed by atoms with E-state index in [-0.39, 0.29) is 12.0 Å². The number of nitrogens with zero attached hydrogens (tertiary/aromatic N) is 2. The van der Waals surface area contributed by atoms with Crippen molar-refractivity contribution in [3.8, 4) is 11.8 Å². The van der Waals surface area contributed by atoms with Crippen molar-refractivity contribution in [3.63, 3.8) is 0 Å². The fourth-order valence-electron chi connectivity index (χ4n) is 3.65. The molecule has 2 aromatic carbocycles. The summed E-state index contributed by atoms with van der Waals surface area (Å²) < 4.78 is 29.6. The number of H-pyrrole nitrogens is 1. The number of carbonyl (C=O) groups is 2. The van der Waals surface area contributed by atoms with Gasteiger partial charge in [0.2, 0.25) is 5.91 Å². The predicted octanol–water partition coefficient (Wildman–Crippen LogP) is 3.76. The van der Waals surface area contributed by atoms with Gasteiger partial charge in [0.05, 0.1) is 17.7 Å². The molecule has 8 heteroatoms. The number of carbonyl (C=O) groups excluding carboxylic acids is 2. The standard InChI is InChI=1S/C23H18F2N4O2/c1-14-17(13-26-28-14)23(2)12-20(30)29(22(31)27-23)21-18(24)10-16(11-19(21)25)9-8-15-6-4-3-5-7-15/h3-7,10-11,13H,12H2,1-2H3,(H,26,28)(H,27,31)/t23-/m0/s1. The van der Waals surface area contributed by atoms with E-state index >= 15 is 0 Å². The zero-order chi connectivity index (χ0) is 22.2. The molecule has 1 aromatic heterocycles. The van der Waals surface area contributed by atoms with Crippen LogP contribution in [0.25, 0.3) is 0 Å². The molecule has 0 radical (unpaired) electrons. The number of imide groups is 1. The lowest BCUT2D eigenvalue weighted by molar-refractivity contribution is -0.120. The topological polar surface area (TPSA) is 78.1 Å². The highest BCUT2D eigenvalue weighted by Crippen LogP contribution is 2.34. The molecule has 1 aliphatic rings. The molecule has 4 rings (SSSR count). The Morgan fingerprint density at radius 3 is 2.29 bits per heavy atom. The maximum absolute atomic E-state index is 14.8. The number of amides is 3. The molecule has 0 unspecified atom stereocenters. The Kier molecular flexibility index (Phi) is 5.03. The van der Waals surface area contributed by atoms with E-state index in [1.54, 1.807) is 44.3 Å². The molecule has 3 aromatic rings. The zero-order valence-corrected chi connectivity index (χ0v) is 16.8. The third kappa shape index (κ3) is 3.78. The average molecular weight is 420 g/mol. The molecule has 2 heterocycles. The highest BCUT2D eigenvalue weighted by molar-refractivity contribution is 6.16. The smallest absolute Gasteiger partial charge is 0.327 e. The van der Waals surface area contributed by atoms with E-state index < -0.39 is 34.8 Å². The first-order valence-corrected chi connectivity index (χ1v) is 9.50. The first kappa shape index (κ1) is 20.3. The van der Waals surface area contributed by atoms with Crippen LogP contribution >= 0.6 is 0 Å². The summed E-state index contributed by atoms with van der Waals surface area (Å²) in [5, 5.41) is 9.37. The quantitative estimate of drug-likeness (QED) is 0.620. The summed E-state index contributed by atoms with van der Waals surface area (Å²) in [5.41, 5.74) is 0.247. The number of halogens is 2. The first-order chi connectivity index (χ1) is 14.8. The summed E-state index contributed by atoms with van der Waals surface area (Å²) in [5.74, 6) is 2.67.